The fraction of sp³-hybridized carbons (Fsp3) is 0.421. The summed E-state index contributed by atoms with van der Waals surface area (Å²) in [6, 6.07) is 12.4. The third kappa shape index (κ3) is 4.51. The molecule has 1 aromatic carbocycles. The van der Waals surface area contributed by atoms with Gasteiger partial charge in [0.1, 0.15) is 5.03 Å². The molecule has 1 saturated heterocycles. The first kappa shape index (κ1) is 17.7. The zero-order valence-corrected chi connectivity index (χ0v) is 15.4. The van der Waals surface area contributed by atoms with Crippen LogP contribution in [-0.4, -0.2) is 34.4 Å². The largest absolute Gasteiger partial charge is 0.481 e. The first-order chi connectivity index (χ1) is 12.0. The highest BCUT2D eigenvalue weighted by Crippen LogP contribution is 2.28. The average molecular weight is 357 g/mol. The molecule has 6 heteroatoms. The van der Waals surface area contributed by atoms with Gasteiger partial charge in [0.25, 0.3) is 0 Å². The number of piperidine rings is 1. The third-order valence-electron chi connectivity index (χ3n) is 4.49. The molecule has 1 atom stereocenters. The second-order valence-electron chi connectivity index (χ2n) is 6.68. The van der Waals surface area contributed by atoms with Crippen LogP contribution in [-0.2, 0) is 4.79 Å². The number of benzene rings is 1. The Morgan fingerprint density at radius 1 is 1.20 bits per heavy atom. The van der Waals surface area contributed by atoms with Gasteiger partial charge in [0.05, 0.1) is 5.92 Å². The number of aliphatic carboxylic acids is 1. The maximum absolute atomic E-state index is 11.2. The molecule has 2 aromatic rings. The van der Waals surface area contributed by atoms with Crippen LogP contribution >= 0.6 is 11.8 Å². The second-order valence-corrected chi connectivity index (χ2v) is 7.77. The van der Waals surface area contributed by atoms with E-state index in [0.717, 1.165) is 35.1 Å². The van der Waals surface area contributed by atoms with E-state index in [2.05, 4.69) is 48.3 Å². The van der Waals surface area contributed by atoms with E-state index in [1.165, 1.54) is 5.56 Å². The fourth-order valence-corrected chi connectivity index (χ4v) is 3.70. The molecule has 25 heavy (non-hydrogen) atoms. The van der Waals surface area contributed by atoms with E-state index in [0.29, 0.717) is 12.5 Å². The molecular weight excluding hydrogens is 334 g/mol. The molecule has 2 heterocycles. The summed E-state index contributed by atoms with van der Waals surface area (Å²) in [5, 5.41) is 18.6. The smallest absolute Gasteiger partial charge is 0.308 e. The summed E-state index contributed by atoms with van der Waals surface area (Å²) >= 11 is 1.58. The number of hydrogen-bond donors (Lipinski definition) is 1. The molecule has 0 radical (unpaired) electrons. The molecule has 0 amide bonds. The maximum Gasteiger partial charge on any atom is 0.308 e. The van der Waals surface area contributed by atoms with Gasteiger partial charge in [0.2, 0.25) is 0 Å². The number of nitrogens with zero attached hydrogens (tertiary/aromatic N) is 3. The number of anilines is 1. The molecule has 1 N–H and O–H groups in total. The minimum Gasteiger partial charge on any atom is -0.481 e. The Morgan fingerprint density at radius 2 is 1.96 bits per heavy atom. The zero-order valence-electron chi connectivity index (χ0n) is 14.6. The Kier molecular flexibility index (Phi) is 5.58. The van der Waals surface area contributed by atoms with E-state index >= 15 is 0 Å². The zero-order chi connectivity index (χ0) is 17.8. The van der Waals surface area contributed by atoms with Crippen LogP contribution in [0.15, 0.2) is 46.3 Å². The van der Waals surface area contributed by atoms with Gasteiger partial charge in [-0.25, -0.2) is 0 Å². The Morgan fingerprint density at radius 3 is 2.56 bits per heavy atom. The molecule has 1 fully saturated rings. The molecule has 1 aliphatic heterocycles. The predicted octanol–water partition coefficient (Wildman–Crippen LogP) is 4.05. The lowest BCUT2D eigenvalue weighted by molar-refractivity contribution is -0.141. The van der Waals surface area contributed by atoms with Crippen LogP contribution in [0.4, 0.5) is 5.82 Å². The summed E-state index contributed by atoms with van der Waals surface area (Å²) in [5.41, 5.74) is 1.32. The fourth-order valence-electron chi connectivity index (χ4n) is 2.96. The van der Waals surface area contributed by atoms with Crippen molar-refractivity contribution in [3.8, 4) is 0 Å². The quantitative estimate of drug-likeness (QED) is 0.871. The van der Waals surface area contributed by atoms with Crippen molar-refractivity contribution in [3.63, 3.8) is 0 Å². The Balaban J connectivity index is 1.64. The monoisotopic (exact) mass is 357 g/mol. The normalized spacial score (nSPS) is 17.7. The number of hydrogen-bond acceptors (Lipinski definition) is 5. The molecule has 0 aliphatic carbocycles. The molecule has 3 rings (SSSR count). The van der Waals surface area contributed by atoms with Gasteiger partial charge in [-0.05, 0) is 48.6 Å². The van der Waals surface area contributed by atoms with Gasteiger partial charge in [-0.3, -0.25) is 4.79 Å². The van der Waals surface area contributed by atoms with Crippen LogP contribution in [0.25, 0.3) is 0 Å². The SMILES string of the molecule is CC(C)c1ccc(Sc2ccc(N3CCC[C@H](C(=O)O)C3)nn2)cc1. The van der Waals surface area contributed by atoms with Gasteiger partial charge in [0, 0.05) is 18.0 Å². The third-order valence-corrected chi connectivity index (χ3v) is 5.42. The van der Waals surface area contributed by atoms with Gasteiger partial charge in [-0.2, -0.15) is 0 Å². The number of carboxylic acids is 1. The molecule has 0 unspecified atom stereocenters. The second kappa shape index (κ2) is 7.87. The Labute approximate surface area is 152 Å². The summed E-state index contributed by atoms with van der Waals surface area (Å²) in [4.78, 5) is 14.3. The summed E-state index contributed by atoms with van der Waals surface area (Å²) in [7, 11) is 0. The molecule has 0 saturated carbocycles. The lowest BCUT2D eigenvalue weighted by Gasteiger charge is -2.31. The van der Waals surface area contributed by atoms with Crippen LogP contribution < -0.4 is 4.90 Å². The summed E-state index contributed by atoms with van der Waals surface area (Å²) in [5.74, 6) is 0.238. The summed E-state index contributed by atoms with van der Waals surface area (Å²) in [6.45, 7) is 5.71. The standard InChI is InChI=1S/C19H23N3O2S/c1-13(2)14-5-7-16(8-6-14)25-18-10-9-17(20-21-18)22-11-3-4-15(12-22)19(23)24/h5-10,13,15H,3-4,11-12H2,1-2H3,(H,23,24)/t15-/m0/s1. The van der Waals surface area contributed by atoms with E-state index in [1.54, 1.807) is 11.8 Å². The first-order valence-corrected chi connectivity index (χ1v) is 9.44. The maximum atomic E-state index is 11.2. The van der Waals surface area contributed by atoms with E-state index < -0.39 is 5.97 Å². The molecule has 1 aliphatic rings. The van der Waals surface area contributed by atoms with Crippen molar-refractivity contribution in [3.05, 3.63) is 42.0 Å². The highest BCUT2D eigenvalue weighted by molar-refractivity contribution is 7.99. The van der Waals surface area contributed by atoms with Crippen LogP contribution in [0.2, 0.25) is 0 Å². The van der Waals surface area contributed by atoms with Crippen molar-refractivity contribution < 1.29 is 9.90 Å². The minimum absolute atomic E-state index is 0.316. The number of rotatable bonds is 5. The van der Waals surface area contributed by atoms with Gasteiger partial charge >= 0.3 is 5.97 Å². The minimum atomic E-state index is -0.727. The first-order valence-electron chi connectivity index (χ1n) is 8.62. The number of carboxylic acid groups (broad SMARTS) is 1. The lowest BCUT2D eigenvalue weighted by Crippen LogP contribution is -2.39. The molecule has 5 nitrogen and oxygen atoms in total. The average Bonchev–Trinajstić information content (AvgIpc) is 2.63. The molecule has 1 aromatic heterocycles. The van der Waals surface area contributed by atoms with Crippen LogP contribution in [0, 0.1) is 5.92 Å². The van der Waals surface area contributed by atoms with Gasteiger partial charge in [-0.1, -0.05) is 37.7 Å². The highest BCUT2D eigenvalue weighted by atomic mass is 32.2. The number of carbonyl (C=O) groups is 1. The molecular formula is C19H23N3O2S. The van der Waals surface area contributed by atoms with Crippen molar-refractivity contribution in [2.45, 2.75) is 42.5 Å². The number of aromatic nitrogens is 2. The molecule has 132 valence electrons. The van der Waals surface area contributed by atoms with Crippen LogP contribution in [0.5, 0.6) is 0 Å². The lowest BCUT2D eigenvalue weighted by atomic mass is 9.98. The van der Waals surface area contributed by atoms with Crippen molar-refractivity contribution >= 4 is 23.5 Å². The predicted molar refractivity (Wildman–Crippen MR) is 99.3 cm³/mol. The van der Waals surface area contributed by atoms with E-state index in [9.17, 15) is 9.90 Å². The molecule has 0 spiro atoms. The van der Waals surface area contributed by atoms with Gasteiger partial charge in [0.15, 0.2) is 5.82 Å². The van der Waals surface area contributed by atoms with Crippen molar-refractivity contribution in [1.29, 1.82) is 0 Å². The van der Waals surface area contributed by atoms with Crippen molar-refractivity contribution in [2.75, 3.05) is 18.0 Å². The van der Waals surface area contributed by atoms with E-state index in [-0.39, 0.29) is 5.92 Å². The Bertz CT molecular complexity index is 716. The van der Waals surface area contributed by atoms with Gasteiger partial charge in [-0.15, -0.1) is 10.2 Å². The highest BCUT2D eigenvalue weighted by Gasteiger charge is 2.26. The van der Waals surface area contributed by atoms with E-state index in [1.807, 2.05) is 17.0 Å². The van der Waals surface area contributed by atoms with E-state index in [4.69, 9.17) is 0 Å². The topological polar surface area (TPSA) is 66.3 Å². The summed E-state index contributed by atoms with van der Waals surface area (Å²) in [6.07, 6.45) is 1.61. The van der Waals surface area contributed by atoms with Crippen molar-refractivity contribution in [1.82, 2.24) is 10.2 Å². The van der Waals surface area contributed by atoms with Gasteiger partial charge < -0.3 is 10.0 Å². The molecule has 0 bridgehead atoms. The van der Waals surface area contributed by atoms with Crippen molar-refractivity contribution in [2.24, 2.45) is 5.92 Å². The van der Waals surface area contributed by atoms with Crippen LogP contribution in [0.1, 0.15) is 38.2 Å². The summed E-state index contributed by atoms with van der Waals surface area (Å²) < 4.78 is 0. The van der Waals surface area contributed by atoms with Crippen LogP contribution in [0.3, 0.4) is 0 Å². The Hall–Kier alpha value is -2.08.